The summed E-state index contributed by atoms with van der Waals surface area (Å²) in [4.78, 5) is 4.49. The van der Waals surface area contributed by atoms with Crippen LogP contribution in [-0.2, 0) is 20.1 Å². The molecule has 2 aromatic carbocycles. The number of alkyl halides is 2. The summed E-state index contributed by atoms with van der Waals surface area (Å²) in [5.41, 5.74) is 0.957. The van der Waals surface area contributed by atoms with Crippen LogP contribution in [0.25, 0.3) is 10.9 Å². The Morgan fingerprint density at radius 1 is 1.13 bits per heavy atom. The quantitative estimate of drug-likeness (QED) is 0.337. The van der Waals surface area contributed by atoms with Crippen molar-refractivity contribution in [2.75, 3.05) is 31.0 Å². The van der Waals surface area contributed by atoms with Crippen molar-refractivity contribution in [3.8, 4) is 5.75 Å². The Balaban J connectivity index is 1.52. The minimum Gasteiger partial charge on any atom is -0.496 e. The molecule has 1 saturated heterocycles. The second-order valence-electron chi connectivity index (χ2n) is 10.1. The van der Waals surface area contributed by atoms with E-state index in [9.17, 15) is 17.4 Å². The molecule has 1 aromatic heterocycles. The molecule has 204 valence electrons. The molecular formula is C28H32F3N3O3S. The number of ether oxygens (including phenoxy) is 2. The molecule has 6 nitrogen and oxygen atoms in total. The van der Waals surface area contributed by atoms with Gasteiger partial charge in [-0.05, 0) is 44.7 Å². The smallest absolute Gasteiger partial charge is 0.266 e. The summed E-state index contributed by atoms with van der Waals surface area (Å²) in [5, 5.41) is 4.04. The lowest BCUT2D eigenvalue weighted by atomic mass is 9.86. The van der Waals surface area contributed by atoms with Crippen LogP contribution in [0.3, 0.4) is 0 Å². The lowest BCUT2D eigenvalue weighted by molar-refractivity contribution is -0.0243. The number of pyridine rings is 1. The number of rotatable bonds is 8. The average Bonchev–Trinajstić information content (AvgIpc) is 3.72. The Labute approximate surface area is 221 Å². The zero-order valence-electron chi connectivity index (χ0n) is 21.7. The Hall–Kier alpha value is -2.85. The molecule has 1 atom stereocenters. The maximum Gasteiger partial charge on any atom is 0.266 e. The number of benzene rings is 2. The van der Waals surface area contributed by atoms with Gasteiger partial charge < -0.3 is 14.8 Å². The molecule has 0 spiro atoms. The van der Waals surface area contributed by atoms with E-state index >= 15 is 0 Å². The number of hydrogen-bond donors (Lipinski definition) is 1. The van der Waals surface area contributed by atoms with Gasteiger partial charge in [-0.3, -0.25) is 4.98 Å². The Morgan fingerprint density at radius 2 is 1.84 bits per heavy atom. The van der Waals surface area contributed by atoms with Crippen molar-refractivity contribution in [1.82, 2.24) is 4.98 Å². The van der Waals surface area contributed by atoms with Crippen molar-refractivity contribution >= 4 is 26.3 Å². The van der Waals surface area contributed by atoms with Gasteiger partial charge in [0.25, 0.3) is 6.43 Å². The normalized spacial score (nSPS) is 24.4. The monoisotopic (exact) mass is 547 g/mol. The fourth-order valence-corrected chi connectivity index (χ4v) is 7.69. The lowest BCUT2D eigenvalue weighted by Gasteiger charge is -2.38. The Kier molecular flexibility index (Phi) is 7.30. The minimum atomic E-state index is -2.90. The molecule has 3 aromatic rings. The molecule has 2 aliphatic rings. The third kappa shape index (κ3) is 5.08. The van der Waals surface area contributed by atoms with Crippen LogP contribution in [0.4, 0.5) is 18.9 Å². The van der Waals surface area contributed by atoms with E-state index in [1.807, 2.05) is 12.1 Å². The summed E-state index contributed by atoms with van der Waals surface area (Å²) in [6.07, 6.45) is 1.83. The number of nitrogens with one attached hydrogen (secondary N) is 1. The maximum atomic E-state index is 14.8. The minimum absolute atomic E-state index is 0.149. The molecule has 2 heterocycles. The third-order valence-electron chi connectivity index (χ3n) is 7.61. The highest BCUT2D eigenvalue weighted by Crippen LogP contribution is 2.45. The van der Waals surface area contributed by atoms with Gasteiger partial charge in [0.2, 0.25) is 0 Å². The fourth-order valence-electron chi connectivity index (χ4n) is 5.22. The van der Waals surface area contributed by atoms with Crippen LogP contribution >= 0.6 is 0 Å². The summed E-state index contributed by atoms with van der Waals surface area (Å²) in [6.45, 7) is 1.72. The number of halogens is 3. The van der Waals surface area contributed by atoms with E-state index in [4.69, 9.17) is 9.47 Å². The molecule has 0 bridgehead atoms. The first-order chi connectivity index (χ1) is 18.2. The van der Waals surface area contributed by atoms with Crippen LogP contribution in [0.1, 0.15) is 61.8 Å². The summed E-state index contributed by atoms with van der Waals surface area (Å²) >= 11 is 0. The predicted octanol–water partition coefficient (Wildman–Crippen LogP) is 6.76. The van der Waals surface area contributed by atoms with Crippen LogP contribution in [0.2, 0.25) is 0 Å². The van der Waals surface area contributed by atoms with Gasteiger partial charge in [-0.15, -0.1) is 0 Å². The molecule has 1 aliphatic carbocycles. The fraction of sp³-hybridized carbons (Fsp3) is 0.464. The maximum absolute atomic E-state index is 14.8. The number of nitrogens with zero attached hydrogens (tertiary/aromatic N) is 2. The van der Waals surface area contributed by atoms with Gasteiger partial charge >= 0.3 is 0 Å². The zero-order valence-corrected chi connectivity index (χ0v) is 22.5. The second-order valence-corrected chi connectivity index (χ2v) is 12.6. The van der Waals surface area contributed by atoms with Gasteiger partial charge in [-0.1, -0.05) is 18.2 Å². The van der Waals surface area contributed by atoms with E-state index in [1.54, 1.807) is 33.4 Å². The van der Waals surface area contributed by atoms with Crippen molar-refractivity contribution in [1.29, 1.82) is 0 Å². The zero-order chi connectivity index (χ0) is 27.1. The average molecular weight is 548 g/mol. The third-order valence-corrected chi connectivity index (χ3v) is 9.98. The van der Waals surface area contributed by atoms with Crippen LogP contribution < -0.4 is 10.1 Å². The lowest BCUT2D eigenvalue weighted by Crippen LogP contribution is -2.39. The van der Waals surface area contributed by atoms with Crippen LogP contribution in [0, 0.1) is 5.82 Å². The van der Waals surface area contributed by atoms with Crippen molar-refractivity contribution in [3.05, 3.63) is 65.1 Å². The first kappa shape index (κ1) is 26.7. The van der Waals surface area contributed by atoms with Crippen LogP contribution in [0.15, 0.2) is 47.0 Å². The van der Waals surface area contributed by atoms with E-state index in [0.717, 1.165) is 29.9 Å². The number of anilines is 1. The second kappa shape index (κ2) is 10.4. The molecule has 2 fully saturated rings. The summed E-state index contributed by atoms with van der Waals surface area (Å²) in [6, 6.07) is 9.24. The molecule has 0 amide bonds. The first-order valence-electron chi connectivity index (χ1n) is 12.8. The largest absolute Gasteiger partial charge is 0.496 e. The van der Waals surface area contributed by atoms with Crippen molar-refractivity contribution in [2.45, 2.75) is 56.7 Å². The summed E-state index contributed by atoms with van der Waals surface area (Å²) < 4.78 is 71.1. The molecule has 1 aliphatic heterocycles. The number of hydrogen-bond acceptors (Lipinski definition) is 6. The van der Waals surface area contributed by atoms with E-state index in [2.05, 4.69) is 14.7 Å². The number of methoxy groups -OCH3 is 2. The summed E-state index contributed by atoms with van der Waals surface area (Å²) in [7, 11) is 0.983. The predicted molar refractivity (Wildman–Crippen MR) is 143 cm³/mol. The number of aromatic nitrogens is 1. The van der Waals surface area contributed by atoms with Gasteiger partial charge in [0.1, 0.15) is 11.6 Å². The van der Waals surface area contributed by atoms with Crippen molar-refractivity contribution in [2.24, 2.45) is 4.36 Å². The van der Waals surface area contributed by atoms with Gasteiger partial charge in [0, 0.05) is 62.8 Å². The topological polar surface area (TPSA) is 72.8 Å². The van der Waals surface area contributed by atoms with E-state index in [1.165, 1.54) is 12.1 Å². The van der Waals surface area contributed by atoms with Crippen molar-refractivity contribution in [3.63, 3.8) is 0 Å². The SMILES string of the molecule is COc1cc2nccc(N[C@H](C)c3cccc(C(F)F)c3F)c2cc1C1(OC)CCS(=O)(=NC2CC2)CC1. The molecule has 38 heavy (non-hydrogen) atoms. The van der Waals surface area contributed by atoms with E-state index < -0.39 is 39.2 Å². The van der Waals surface area contributed by atoms with Crippen molar-refractivity contribution < 1.29 is 26.9 Å². The molecule has 5 rings (SSSR count). The summed E-state index contributed by atoms with van der Waals surface area (Å²) in [5.74, 6) is 0.602. The molecule has 1 saturated carbocycles. The van der Waals surface area contributed by atoms with Gasteiger partial charge in [0.15, 0.2) is 0 Å². The van der Waals surface area contributed by atoms with Gasteiger partial charge in [0.05, 0.1) is 35.9 Å². The van der Waals surface area contributed by atoms with Crippen LogP contribution in [-0.4, -0.2) is 41.0 Å². The first-order valence-corrected chi connectivity index (χ1v) is 14.6. The molecule has 1 N–H and O–H groups in total. The molecule has 10 heteroatoms. The highest BCUT2D eigenvalue weighted by molar-refractivity contribution is 7.93. The molecular weight excluding hydrogens is 515 g/mol. The standard InChI is InChI=1S/C28H32F3N3O3S/c1-17(19-5-4-6-20(26(19)29)27(30)31)33-23-9-12-32-24-16-25(36-2)22(15-21(23)24)28(37-3)10-13-38(35,14-11-28)34-18-7-8-18/h4-6,9,12,15-18,27H,7-8,10-11,13-14H2,1-3H3,(H,32,33)/t17-,28?,38?/m1/s1. The highest BCUT2D eigenvalue weighted by atomic mass is 32.2. The van der Waals surface area contributed by atoms with E-state index in [0.29, 0.717) is 41.3 Å². The van der Waals surface area contributed by atoms with E-state index in [-0.39, 0.29) is 11.6 Å². The van der Waals surface area contributed by atoms with Gasteiger partial charge in [-0.25, -0.2) is 21.7 Å². The molecule has 0 radical (unpaired) electrons. The Morgan fingerprint density at radius 3 is 2.47 bits per heavy atom. The highest BCUT2D eigenvalue weighted by Gasteiger charge is 2.41. The number of fused-ring (bicyclic) bond motifs is 1. The molecule has 0 unspecified atom stereocenters. The van der Waals surface area contributed by atoms with Gasteiger partial charge in [-0.2, -0.15) is 0 Å². The Bertz CT molecular complexity index is 1450. The van der Waals surface area contributed by atoms with Crippen LogP contribution in [0.5, 0.6) is 5.75 Å².